The Hall–Kier alpha value is -3.17. The molecule has 0 radical (unpaired) electrons. The molecule has 0 aliphatic rings. The van der Waals surface area contributed by atoms with Crippen molar-refractivity contribution in [3.63, 3.8) is 0 Å². The molecule has 31 heavy (non-hydrogen) atoms. The Morgan fingerprint density at radius 1 is 1.06 bits per heavy atom. The Bertz CT molecular complexity index is 1310. The minimum absolute atomic E-state index is 0.00291. The number of carbonyl (C=O) groups is 1. The number of benzene rings is 2. The van der Waals surface area contributed by atoms with Crippen LogP contribution < -0.4 is 20.8 Å². The van der Waals surface area contributed by atoms with Gasteiger partial charge in [0.2, 0.25) is 10.0 Å². The first-order valence-electron chi connectivity index (χ1n) is 9.58. The lowest BCUT2D eigenvalue weighted by Gasteiger charge is -2.17. The van der Waals surface area contributed by atoms with Crippen LogP contribution in [0.2, 0.25) is 0 Å². The first kappa shape index (κ1) is 22.5. The smallest absolute Gasteiger partial charge is 0.339 e. The Kier molecular flexibility index (Phi) is 6.19. The molecular formula is C22H24N2O6S. The van der Waals surface area contributed by atoms with Crippen LogP contribution in [-0.4, -0.2) is 20.4 Å². The maximum absolute atomic E-state index is 12.4. The molecule has 2 aromatic carbocycles. The summed E-state index contributed by atoms with van der Waals surface area (Å²) in [7, 11) is -3.76. The van der Waals surface area contributed by atoms with E-state index in [1.54, 1.807) is 45.0 Å². The van der Waals surface area contributed by atoms with Gasteiger partial charge in [0.25, 0.3) is 5.91 Å². The van der Waals surface area contributed by atoms with Gasteiger partial charge in [-0.05, 0) is 63.1 Å². The van der Waals surface area contributed by atoms with Crippen LogP contribution in [0.3, 0.4) is 0 Å². The summed E-state index contributed by atoms with van der Waals surface area (Å²) >= 11 is 0. The van der Waals surface area contributed by atoms with Gasteiger partial charge in [-0.3, -0.25) is 4.79 Å². The monoisotopic (exact) mass is 444 g/mol. The molecule has 1 aromatic heterocycles. The third-order valence-electron chi connectivity index (χ3n) is 5.22. The highest BCUT2D eigenvalue weighted by Crippen LogP contribution is 2.29. The van der Waals surface area contributed by atoms with E-state index in [2.05, 4.69) is 5.32 Å². The van der Waals surface area contributed by atoms with Crippen LogP contribution in [0.5, 0.6) is 5.75 Å². The first-order valence-corrected chi connectivity index (χ1v) is 11.1. The number of ether oxygens (including phenoxy) is 1. The van der Waals surface area contributed by atoms with E-state index in [0.717, 1.165) is 10.9 Å². The fraction of sp³-hybridized carbons (Fsp3) is 0.273. The van der Waals surface area contributed by atoms with E-state index in [4.69, 9.17) is 14.3 Å². The van der Waals surface area contributed by atoms with Gasteiger partial charge >= 0.3 is 5.63 Å². The molecule has 0 aliphatic heterocycles. The highest BCUT2D eigenvalue weighted by Gasteiger charge is 2.18. The second kappa shape index (κ2) is 8.52. The molecule has 9 heteroatoms. The van der Waals surface area contributed by atoms with Crippen molar-refractivity contribution in [3.8, 4) is 5.75 Å². The highest BCUT2D eigenvalue weighted by atomic mass is 32.2. The number of nitrogens with one attached hydrogen (secondary N) is 1. The van der Waals surface area contributed by atoms with Gasteiger partial charge in [0.05, 0.1) is 4.90 Å². The fourth-order valence-corrected chi connectivity index (χ4v) is 3.64. The molecule has 0 aliphatic carbocycles. The van der Waals surface area contributed by atoms with Crippen molar-refractivity contribution in [1.29, 1.82) is 0 Å². The lowest BCUT2D eigenvalue weighted by Crippen LogP contribution is -2.36. The lowest BCUT2D eigenvalue weighted by atomic mass is 10.0. The summed E-state index contributed by atoms with van der Waals surface area (Å²) < 4.78 is 33.9. The molecule has 3 N–H and O–H groups in total. The number of aryl methyl sites for hydroxylation is 2. The predicted octanol–water partition coefficient (Wildman–Crippen LogP) is 2.45. The number of nitrogens with two attached hydrogens (primary N) is 1. The zero-order valence-electron chi connectivity index (χ0n) is 17.7. The molecule has 0 spiro atoms. The van der Waals surface area contributed by atoms with Gasteiger partial charge in [-0.25, -0.2) is 18.4 Å². The van der Waals surface area contributed by atoms with E-state index in [1.165, 1.54) is 12.1 Å². The van der Waals surface area contributed by atoms with Crippen LogP contribution in [0, 0.1) is 20.8 Å². The third kappa shape index (κ3) is 4.78. The molecule has 0 saturated heterocycles. The number of sulfonamides is 1. The van der Waals surface area contributed by atoms with Crippen molar-refractivity contribution >= 4 is 26.9 Å². The minimum atomic E-state index is -3.76. The molecule has 1 heterocycles. The van der Waals surface area contributed by atoms with Gasteiger partial charge < -0.3 is 14.5 Å². The summed E-state index contributed by atoms with van der Waals surface area (Å²) in [6, 6.07) is 9.47. The fourth-order valence-electron chi connectivity index (χ4n) is 3.13. The molecular weight excluding hydrogens is 420 g/mol. The molecule has 0 bridgehead atoms. The van der Waals surface area contributed by atoms with Gasteiger partial charge in [-0.1, -0.05) is 12.1 Å². The van der Waals surface area contributed by atoms with Crippen LogP contribution in [0.4, 0.5) is 0 Å². The normalized spacial score (nSPS) is 12.5. The van der Waals surface area contributed by atoms with Crippen LogP contribution in [-0.2, 0) is 21.4 Å². The van der Waals surface area contributed by atoms with Gasteiger partial charge in [-0.2, -0.15) is 0 Å². The van der Waals surface area contributed by atoms with Crippen LogP contribution in [0.25, 0.3) is 11.0 Å². The molecule has 1 unspecified atom stereocenters. The predicted molar refractivity (Wildman–Crippen MR) is 116 cm³/mol. The number of carbonyl (C=O) groups excluding carboxylic acids is 1. The topological polar surface area (TPSA) is 129 Å². The summed E-state index contributed by atoms with van der Waals surface area (Å²) in [5.41, 5.74) is 2.79. The largest absolute Gasteiger partial charge is 0.480 e. The second-order valence-corrected chi connectivity index (χ2v) is 8.93. The van der Waals surface area contributed by atoms with Gasteiger partial charge in [0, 0.05) is 23.1 Å². The van der Waals surface area contributed by atoms with E-state index in [1.807, 2.05) is 6.92 Å². The van der Waals surface area contributed by atoms with E-state index in [9.17, 15) is 18.0 Å². The zero-order chi connectivity index (χ0) is 22.9. The molecule has 0 fully saturated rings. The summed E-state index contributed by atoms with van der Waals surface area (Å²) in [4.78, 5) is 24.5. The number of fused-ring (bicyclic) bond motifs is 1. The molecule has 8 nitrogen and oxygen atoms in total. The maximum Gasteiger partial charge on any atom is 0.339 e. The summed E-state index contributed by atoms with van der Waals surface area (Å²) in [5, 5.41) is 8.64. The number of hydrogen-bond acceptors (Lipinski definition) is 6. The van der Waals surface area contributed by atoms with Gasteiger partial charge in [-0.15, -0.1) is 0 Å². The lowest BCUT2D eigenvalue weighted by molar-refractivity contribution is -0.127. The number of amides is 1. The second-order valence-electron chi connectivity index (χ2n) is 7.37. The SMILES string of the molecule is Cc1c(C)c2ccc(OC(C)C(=O)NCc3ccc(S(N)(=O)=O)cc3)c(C)c2oc1=O. The van der Waals surface area contributed by atoms with E-state index >= 15 is 0 Å². The first-order chi connectivity index (χ1) is 14.5. The highest BCUT2D eigenvalue weighted by molar-refractivity contribution is 7.89. The molecule has 1 amide bonds. The summed E-state index contributed by atoms with van der Waals surface area (Å²) in [5.74, 6) is 0.0932. The maximum atomic E-state index is 12.4. The molecule has 164 valence electrons. The average molecular weight is 445 g/mol. The van der Waals surface area contributed by atoms with Crippen LogP contribution in [0.1, 0.15) is 29.2 Å². The minimum Gasteiger partial charge on any atom is -0.480 e. The van der Waals surface area contributed by atoms with Crippen LogP contribution in [0.15, 0.2) is 50.5 Å². The van der Waals surface area contributed by atoms with E-state index in [-0.39, 0.29) is 17.3 Å². The number of primary sulfonamides is 1. The quantitative estimate of drug-likeness (QED) is 0.562. The van der Waals surface area contributed by atoms with Crippen molar-refractivity contribution in [2.45, 2.75) is 45.2 Å². The van der Waals surface area contributed by atoms with Crippen molar-refractivity contribution in [2.75, 3.05) is 0 Å². The Balaban J connectivity index is 1.71. The van der Waals surface area contributed by atoms with Crippen molar-refractivity contribution < 1.29 is 22.4 Å². The van der Waals surface area contributed by atoms with Crippen LogP contribution >= 0.6 is 0 Å². The number of hydrogen-bond donors (Lipinski definition) is 2. The zero-order valence-corrected chi connectivity index (χ0v) is 18.5. The Morgan fingerprint density at radius 3 is 2.32 bits per heavy atom. The summed E-state index contributed by atoms with van der Waals surface area (Å²) in [6.45, 7) is 7.16. The van der Waals surface area contributed by atoms with Crippen molar-refractivity contribution in [1.82, 2.24) is 5.32 Å². The van der Waals surface area contributed by atoms with Gasteiger partial charge in [0.1, 0.15) is 11.3 Å². The number of rotatable bonds is 6. The Labute approximate surface area is 180 Å². The van der Waals surface area contributed by atoms with Gasteiger partial charge in [0.15, 0.2) is 6.10 Å². The van der Waals surface area contributed by atoms with Crippen molar-refractivity contribution in [3.05, 3.63) is 69.1 Å². The van der Waals surface area contributed by atoms with E-state index < -0.39 is 21.8 Å². The molecule has 1 atom stereocenters. The average Bonchev–Trinajstić information content (AvgIpc) is 2.72. The Morgan fingerprint density at radius 2 is 1.71 bits per heavy atom. The molecule has 0 saturated carbocycles. The third-order valence-corrected chi connectivity index (χ3v) is 6.14. The molecule has 3 rings (SSSR count). The molecule has 3 aromatic rings. The summed E-state index contributed by atoms with van der Waals surface area (Å²) in [6.07, 6.45) is -0.807. The van der Waals surface area contributed by atoms with E-state index in [0.29, 0.717) is 28.0 Å². The standard InChI is InChI=1S/C22H24N2O6S/c1-12-13(2)22(26)30-20-14(3)19(10-9-18(12)20)29-15(4)21(25)24-11-16-5-7-17(8-6-16)31(23,27)28/h5-10,15H,11H2,1-4H3,(H,24,25)(H2,23,27,28). The van der Waals surface area contributed by atoms with Crippen molar-refractivity contribution in [2.24, 2.45) is 5.14 Å².